The van der Waals surface area contributed by atoms with E-state index in [1.807, 2.05) is 36.4 Å². The molecule has 0 aliphatic carbocycles. The predicted molar refractivity (Wildman–Crippen MR) is 79.6 cm³/mol. The minimum absolute atomic E-state index is 0.379. The molecule has 3 heteroatoms. The number of nitrogens with zero attached hydrogens (tertiary/aromatic N) is 1. The topological polar surface area (TPSA) is 47.8 Å². The average molecular weight is 251 g/mol. The summed E-state index contributed by atoms with van der Waals surface area (Å²) in [5.74, 6) is 0. The Labute approximate surface area is 113 Å². The largest absolute Gasteiger partial charge is 0.381 e. The van der Waals surface area contributed by atoms with Gasteiger partial charge >= 0.3 is 0 Å². The van der Waals surface area contributed by atoms with Gasteiger partial charge in [-0.2, -0.15) is 5.26 Å². The first kappa shape index (κ1) is 13.0. The summed E-state index contributed by atoms with van der Waals surface area (Å²) in [4.78, 5) is 0. The summed E-state index contributed by atoms with van der Waals surface area (Å²) in [5, 5.41) is 15.5. The molecule has 2 aromatic rings. The molecule has 0 amide bonds. The minimum Gasteiger partial charge on any atom is -0.381 e. The van der Waals surface area contributed by atoms with Gasteiger partial charge in [0.2, 0.25) is 0 Å². The van der Waals surface area contributed by atoms with E-state index in [0.717, 1.165) is 17.1 Å². The van der Waals surface area contributed by atoms with Crippen molar-refractivity contribution < 1.29 is 0 Å². The first-order chi connectivity index (χ1) is 9.19. The van der Waals surface area contributed by atoms with Crippen LogP contribution in [0.1, 0.15) is 19.4 Å². The van der Waals surface area contributed by atoms with Crippen molar-refractivity contribution in [2.45, 2.75) is 19.9 Å². The Balaban J connectivity index is 2.20. The van der Waals surface area contributed by atoms with Gasteiger partial charge in [-0.3, -0.25) is 0 Å². The average Bonchev–Trinajstić information content (AvgIpc) is 2.41. The van der Waals surface area contributed by atoms with Gasteiger partial charge in [-0.25, -0.2) is 0 Å². The maximum atomic E-state index is 8.78. The Kier molecular flexibility index (Phi) is 4.04. The molecule has 0 aromatic heterocycles. The summed E-state index contributed by atoms with van der Waals surface area (Å²) in [6, 6.07) is 18.0. The lowest BCUT2D eigenvalue weighted by molar-refractivity contribution is 0.900. The standard InChI is InChI=1S/C16H17N3/c1-12(2)18-15-5-3-4-6-16(15)19-14-9-7-13(11-17)8-10-14/h3-10,12,18-19H,1-2H3. The highest BCUT2D eigenvalue weighted by Crippen LogP contribution is 2.25. The van der Waals surface area contributed by atoms with E-state index >= 15 is 0 Å². The van der Waals surface area contributed by atoms with E-state index in [9.17, 15) is 0 Å². The van der Waals surface area contributed by atoms with Crippen molar-refractivity contribution in [3.8, 4) is 6.07 Å². The van der Waals surface area contributed by atoms with Gasteiger partial charge in [0, 0.05) is 11.7 Å². The summed E-state index contributed by atoms with van der Waals surface area (Å²) in [6.07, 6.45) is 0. The summed E-state index contributed by atoms with van der Waals surface area (Å²) in [7, 11) is 0. The number of anilines is 3. The van der Waals surface area contributed by atoms with Crippen LogP contribution in [0.4, 0.5) is 17.1 Å². The Bertz CT molecular complexity index is 580. The number of para-hydroxylation sites is 2. The lowest BCUT2D eigenvalue weighted by Gasteiger charge is -2.16. The lowest BCUT2D eigenvalue weighted by Crippen LogP contribution is -2.11. The molecule has 0 atom stereocenters. The van der Waals surface area contributed by atoms with Crippen LogP contribution in [0.25, 0.3) is 0 Å². The molecule has 3 nitrogen and oxygen atoms in total. The van der Waals surface area contributed by atoms with Crippen LogP contribution >= 0.6 is 0 Å². The third-order valence-corrected chi connectivity index (χ3v) is 2.66. The molecular weight excluding hydrogens is 234 g/mol. The molecule has 0 bridgehead atoms. The van der Waals surface area contributed by atoms with Crippen molar-refractivity contribution in [2.24, 2.45) is 0 Å². The normalized spacial score (nSPS) is 10.0. The van der Waals surface area contributed by atoms with Crippen molar-refractivity contribution in [1.82, 2.24) is 0 Å². The van der Waals surface area contributed by atoms with Gasteiger partial charge in [0.1, 0.15) is 0 Å². The van der Waals surface area contributed by atoms with Crippen molar-refractivity contribution in [2.75, 3.05) is 10.6 Å². The van der Waals surface area contributed by atoms with Gasteiger partial charge in [0.15, 0.2) is 0 Å². The summed E-state index contributed by atoms with van der Waals surface area (Å²) in [5.41, 5.74) is 3.74. The van der Waals surface area contributed by atoms with Crippen LogP contribution in [0.5, 0.6) is 0 Å². The molecule has 0 saturated carbocycles. The van der Waals surface area contributed by atoms with Gasteiger partial charge in [-0.05, 0) is 50.2 Å². The van der Waals surface area contributed by atoms with Crippen LogP contribution < -0.4 is 10.6 Å². The highest BCUT2D eigenvalue weighted by molar-refractivity contribution is 5.74. The maximum Gasteiger partial charge on any atom is 0.0991 e. The van der Waals surface area contributed by atoms with Crippen LogP contribution in [-0.4, -0.2) is 6.04 Å². The molecule has 19 heavy (non-hydrogen) atoms. The third-order valence-electron chi connectivity index (χ3n) is 2.66. The second kappa shape index (κ2) is 5.92. The quantitative estimate of drug-likeness (QED) is 0.859. The van der Waals surface area contributed by atoms with Crippen LogP contribution in [0.15, 0.2) is 48.5 Å². The zero-order valence-corrected chi connectivity index (χ0v) is 11.1. The molecule has 0 unspecified atom stereocenters. The van der Waals surface area contributed by atoms with E-state index in [1.54, 1.807) is 12.1 Å². The van der Waals surface area contributed by atoms with E-state index in [2.05, 4.69) is 30.6 Å². The predicted octanol–water partition coefficient (Wildman–Crippen LogP) is 4.12. The van der Waals surface area contributed by atoms with Gasteiger partial charge in [0.25, 0.3) is 0 Å². The number of rotatable bonds is 4. The number of benzene rings is 2. The molecule has 96 valence electrons. The fraction of sp³-hybridized carbons (Fsp3) is 0.188. The highest BCUT2D eigenvalue weighted by Gasteiger charge is 2.03. The van der Waals surface area contributed by atoms with Crippen LogP contribution in [0.3, 0.4) is 0 Å². The van der Waals surface area contributed by atoms with Gasteiger partial charge in [-0.1, -0.05) is 12.1 Å². The van der Waals surface area contributed by atoms with E-state index in [1.165, 1.54) is 0 Å². The third kappa shape index (κ3) is 3.49. The molecule has 0 fully saturated rings. The monoisotopic (exact) mass is 251 g/mol. The molecular formula is C16H17N3. The molecule has 0 saturated heterocycles. The van der Waals surface area contributed by atoms with Crippen molar-refractivity contribution in [3.05, 3.63) is 54.1 Å². The molecule has 2 N–H and O–H groups in total. The van der Waals surface area contributed by atoms with E-state index in [4.69, 9.17) is 5.26 Å². The molecule has 0 aliphatic rings. The Morgan fingerprint density at radius 2 is 1.58 bits per heavy atom. The zero-order valence-electron chi connectivity index (χ0n) is 11.1. The molecule has 0 heterocycles. The van der Waals surface area contributed by atoms with Crippen LogP contribution in [0.2, 0.25) is 0 Å². The van der Waals surface area contributed by atoms with E-state index in [0.29, 0.717) is 11.6 Å². The summed E-state index contributed by atoms with van der Waals surface area (Å²) in [6.45, 7) is 4.22. The molecule has 2 rings (SSSR count). The van der Waals surface area contributed by atoms with Crippen molar-refractivity contribution in [1.29, 1.82) is 5.26 Å². The molecule has 0 radical (unpaired) electrons. The molecule has 0 spiro atoms. The fourth-order valence-corrected chi connectivity index (χ4v) is 1.81. The van der Waals surface area contributed by atoms with Crippen molar-refractivity contribution >= 4 is 17.1 Å². The lowest BCUT2D eigenvalue weighted by atomic mass is 10.2. The first-order valence-corrected chi connectivity index (χ1v) is 6.32. The van der Waals surface area contributed by atoms with Gasteiger partial charge in [0.05, 0.1) is 23.0 Å². The zero-order chi connectivity index (χ0) is 13.7. The summed E-state index contributed by atoms with van der Waals surface area (Å²) >= 11 is 0. The molecule has 0 aliphatic heterocycles. The minimum atomic E-state index is 0.379. The Morgan fingerprint density at radius 3 is 2.16 bits per heavy atom. The maximum absolute atomic E-state index is 8.78. The van der Waals surface area contributed by atoms with Crippen LogP contribution in [0, 0.1) is 11.3 Å². The van der Waals surface area contributed by atoms with E-state index < -0.39 is 0 Å². The highest BCUT2D eigenvalue weighted by atomic mass is 15.0. The van der Waals surface area contributed by atoms with Crippen LogP contribution in [-0.2, 0) is 0 Å². The Morgan fingerprint density at radius 1 is 0.947 bits per heavy atom. The fourth-order valence-electron chi connectivity index (χ4n) is 1.81. The SMILES string of the molecule is CC(C)Nc1ccccc1Nc1ccc(C#N)cc1. The second-order valence-corrected chi connectivity index (χ2v) is 4.66. The van der Waals surface area contributed by atoms with E-state index in [-0.39, 0.29) is 0 Å². The Hall–Kier alpha value is -2.47. The smallest absolute Gasteiger partial charge is 0.0991 e. The number of nitriles is 1. The first-order valence-electron chi connectivity index (χ1n) is 6.32. The molecule has 2 aromatic carbocycles. The number of hydrogen-bond acceptors (Lipinski definition) is 3. The summed E-state index contributed by atoms with van der Waals surface area (Å²) < 4.78 is 0. The number of hydrogen-bond donors (Lipinski definition) is 2. The second-order valence-electron chi connectivity index (χ2n) is 4.66. The number of nitrogens with one attached hydrogen (secondary N) is 2. The van der Waals surface area contributed by atoms with Gasteiger partial charge < -0.3 is 10.6 Å². The van der Waals surface area contributed by atoms with Gasteiger partial charge in [-0.15, -0.1) is 0 Å². The van der Waals surface area contributed by atoms with Crippen molar-refractivity contribution in [3.63, 3.8) is 0 Å².